The van der Waals surface area contributed by atoms with Crippen molar-refractivity contribution in [2.45, 2.75) is 62.3 Å². The number of aromatic nitrogens is 3. The average Bonchev–Trinajstić information content (AvgIpc) is 3.23. The maximum Gasteiger partial charge on any atom is 0.317 e. The lowest BCUT2D eigenvalue weighted by Gasteiger charge is -2.15. The molecule has 0 aliphatic heterocycles. The number of benzene rings is 1. The fraction of sp³-hybridized carbons (Fsp3) is 0.417. The van der Waals surface area contributed by atoms with Crippen LogP contribution in [-0.4, -0.2) is 38.4 Å². The van der Waals surface area contributed by atoms with Gasteiger partial charge < -0.3 is 15.2 Å². The second-order valence-corrected chi connectivity index (χ2v) is 10.7. The zero-order chi connectivity index (χ0) is 24.1. The Morgan fingerprint density at radius 2 is 2.09 bits per heavy atom. The number of nitrogens with zero attached hydrogens (tertiary/aromatic N) is 3. The molecule has 7 nitrogen and oxygen atoms in total. The molecule has 0 radical (unpaired) electrons. The van der Waals surface area contributed by atoms with Crippen LogP contribution in [0.5, 0.6) is 5.75 Å². The van der Waals surface area contributed by atoms with Crippen molar-refractivity contribution in [2.75, 3.05) is 12.4 Å². The zero-order valence-corrected chi connectivity index (χ0v) is 21.5. The normalized spacial score (nSPS) is 13.1. The molecule has 180 valence electrons. The predicted molar refractivity (Wildman–Crippen MR) is 138 cm³/mol. The summed E-state index contributed by atoms with van der Waals surface area (Å²) in [5.74, 6) is 0.489. The largest absolute Gasteiger partial charge is 0.497 e. The fourth-order valence-electron chi connectivity index (χ4n) is 3.91. The molecule has 0 fully saturated rings. The van der Waals surface area contributed by atoms with Crippen LogP contribution in [0.1, 0.15) is 49.5 Å². The lowest BCUT2D eigenvalue weighted by Crippen LogP contribution is -2.17. The van der Waals surface area contributed by atoms with Crippen LogP contribution < -0.4 is 10.1 Å². The van der Waals surface area contributed by atoms with Gasteiger partial charge in [-0.15, -0.1) is 11.3 Å². The Morgan fingerprint density at radius 1 is 1.24 bits per heavy atom. The van der Waals surface area contributed by atoms with E-state index in [1.165, 1.54) is 10.4 Å². The van der Waals surface area contributed by atoms with E-state index in [0.29, 0.717) is 22.5 Å². The van der Waals surface area contributed by atoms with E-state index in [9.17, 15) is 9.90 Å². The third kappa shape index (κ3) is 6.00. The number of aliphatic carboxylic acids is 1. The van der Waals surface area contributed by atoms with Gasteiger partial charge in [0.25, 0.3) is 0 Å². The highest BCUT2D eigenvalue weighted by Crippen LogP contribution is 2.40. The maximum absolute atomic E-state index is 11.7. The van der Waals surface area contributed by atoms with Gasteiger partial charge in [-0.05, 0) is 43.0 Å². The second kappa shape index (κ2) is 11.4. The molecule has 0 saturated carbocycles. The number of hydrogen-bond donors (Lipinski definition) is 2. The Balaban J connectivity index is 1.50. The molecule has 2 aromatic heterocycles. The third-order valence-electron chi connectivity index (χ3n) is 5.64. The number of carboxylic acids is 1. The molecular formula is C24H27ClN4O3S2. The van der Waals surface area contributed by atoms with Crippen molar-refractivity contribution < 1.29 is 14.6 Å². The number of halogens is 1. The number of nitrogens with one attached hydrogen (secondary N) is 1. The molecule has 2 heterocycles. The molecule has 0 spiro atoms. The monoisotopic (exact) mass is 518 g/mol. The molecule has 1 atom stereocenters. The van der Waals surface area contributed by atoms with E-state index in [2.05, 4.69) is 34.3 Å². The molecular weight excluding hydrogens is 492 g/mol. The van der Waals surface area contributed by atoms with Gasteiger partial charge in [0.15, 0.2) is 10.3 Å². The summed E-state index contributed by atoms with van der Waals surface area (Å²) in [4.78, 5) is 26.5. The molecule has 3 aromatic rings. The smallest absolute Gasteiger partial charge is 0.317 e. The Labute approximate surface area is 212 Å². The van der Waals surface area contributed by atoms with Crippen LogP contribution in [0.15, 0.2) is 29.4 Å². The van der Waals surface area contributed by atoms with E-state index in [1.807, 2.05) is 6.07 Å². The first-order valence-corrected chi connectivity index (χ1v) is 13.4. The number of carboxylic acid groups (broad SMARTS) is 1. The van der Waals surface area contributed by atoms with Crippen molar-refractivity contribution in [3.8, 4) is 17.0 Å². The van der Waals surface area contributed by atoms with Crippen molar-refractivity contribution in [1.29, 1.82) is 0 Å². The van der Waals surface area contributed by atoms with Crippen LogP contribution in [0.3, 0.4) is 0 Å². The summed E-state index contributed by atoms with van der Waals surface area (Å²) in [5.41, 5.74) is 3.32. The number of methoxy groups -OCH3 is 1. The second-order valence-electron chi connectivity index (χ2n) is 8.09. The van der Waals surface area contributed by atoms with E-state index in [0.717, 1.165) is 67.3 Å². The van der Waals surface area contributed by atoms with Gasteiger partial charge >= 0.3 is 5.97 Å². The van der Waals surface area contributed by atoms with Crippen LogP contribution in [0.2, 0.25) is 5.15 Å². The minimum Gasteiger partial charge on any atom is -0.497 e. The van der Waals surface area contributed by atoms with Crippen LogP contribution in [-0.2, 0) is 17.6 Å². The molecule has 1 aromatic carbocycles. The number of carbonyl (C=O) groups is 1. The highest BCUT2D eigenvalue weighted by atomic mass is 35.5. The van der Waals surface area contributed by atoms with E-state index in [-0.39, 0.29) is 5.15 Å². The fourth-order valence-corrected chi connectivity index (χ4v) is 6.07. The number of fused-ring (bicyclic) bond motifs is 3. The number of aryl methyl sites for hydroxylation is 2. The molecule has 0 saturated heterocycles. The number of ether oxygens (including phenoxy) is 1. The summed E-state index contributed by atoms with van der Waals surface area (Å²) in [6.07, 6.45) is 6.53. The zero-order valence-electron chi connectivity index (χ0n) is 19.1. The van der Waals surface area contributed by atoms with Crippen LogP contribution in [0, 0.1) is 0 Å². The Hall–Kier alpha value is -2.36. The number of unbranched alkanes of at least 4 members (excludes halogenated alkanes) is 3. The summed E-state index contributed by atoms with van der Waals surface area (Å²) >= 11 is 8.97. The standard InChI is InChI=1S/C24H27ClN4O3S2/c1-3-4-5-6-7-18(22(30)31)34-23-26-19(25)13-20(27-23)28-24-29-21-16-10-9-15(32-2)12-14(16)8-11-17(21)33-24/h9-10,12-13,18H,3-8,11H2,1-2H3,(H,30,31)(H,26,27,28,29). The van der Waals surface area contributed by atoms with E-state index < -0.39 is 11.2 Å². The van der Waals surface area contributed by atoms with Gasteiger partial charge in [0.2, 0.25) is 0 Å². The number of anilines is 2. The molecule has 2 N–H and O–H groups in total. The Morgan fingerprint density at radius 3 is 2.85 bits per heavy atom. The SMILES string of the molecule is CCCCCCC(Sc1nc(Cl)cc(Nc2nc3c(s2)CCc2cc(OC)ccc2-3)n1)C(=O)O. The average molecular weight is 519 g/mol. The van der Waals surface area contributed by atoms with Gasteiger partial charge in [-0.2, -0.15) is 0 Å². The lowest BCUT2D eigenvalue weighted by atomic mass is 9.93. The van der Waals surface area contributed by atoms with Gasteiger partial charge in [-0.1, -0.05) is 56.0 Å². The topological polar surface area (TPSA) is 97.2 Å². The van der Waals surface area contributed by atoms with Crippen molar-refractivity contribution in [2.24, 2.45) is 0 Å². The molecule has 1 unspecified atom stereocenters. The molecule has 10 heteroatoms. The van der Waals surface area contributed by atoms with Crippen molar-refractivity contribution >= 4 is 51.6 Å². The van der Waals surface area contributed by atoms with E-state index in [1.54, 1.807) is 24.5 Å². The van der Waals surface area contributed by atoms with Gasteiger partial charge in [0, 0.05) is 16.5 Å². The third-order valence-corrected chi connectivity index (χ3v) is 7.98. The predicted octanol–water partition coefficient (Wildman–Crippen LogP) is 6.62. The lowest BCUT2D eigenvalue weighted by molar-refractivity contribution is -0.136. The quantitative estimate of drug-likeness (QED) is 0.126. The molecule has 1 aliphatic carbocycles. The number of hydrogen-bond acceptors (Lipinski definition) is 8. The number of rotatable bonds is 11. The van der Waals surface area contributed by atoms with Crippen LogP contribution in [0.25, 0.3) is 11.3 Å². The molecule has 0 amide bonds. The molecule has 1 aliphatic rings. The minimum absolute atomic E-state index is 0.258. The highest BCUT2D eigenvalue weighted by molar-refractivity contribution is 8.00. The highest BCUT2D eigenvalue weighted by Gasteiger charge is 2.23. The Bertz CT molecular complexity index is 1170. The van der Waals surface area contributed by atoms with Gasteiger partial charge in [0.1, 0.15) is 22.0 Å². The first kappa shape index (κ1) is 24.8. The van der Waals surface area contributed by atoms with Crippen LogP contribution >= 0.6 is 34.7 Å². The van der Waals surface area contributed by atoms with Crippen LogP contribution in [0.4, 0.5) is 10.9 Å². The number of thiazole rings is 1. The molecule has 34 heavy (non-hydrogen) atoms. The van der Waals surface area contributed by atoms with Gasteiger partial charge in [-0.25, -0.2) is 15.0 Å². The summed E-state index contributed by atoms with van der Waals surface area (Å²) in [7, 11) is 1.67. The molecule has 0 bridgehead atoms. The summed E-state index contributed by atoms with van der Waals surface area (Å²) in [6.45, 7) is 2.13. The first-order chi connectivity index (χ1) is 16.5. The summed E-state index contributed by atoms with van der Waals surface area (Å²) < 4.78 is 5.35. The van der Waals surface area contributed by atoms with Crippen molar-refractivity contribution in [3.05, 3.63) is 39.9 Å². The first-order valence-electron chi connectivity index (χ1n) is 11.3. The van der Waals surface area contributed by atoms with Crippen molar-refractivity contribution in [1.82, 2.24) is 15.0 Å². The summed E-state index contributed by atoms with van der Waals surface area (Å²) in [5, 5.41) is 13.6. The van der Waals surface area contributed by atoms with Gasteiger partial charge in [0.05, 0.1) is 12.8 Å². The van der Waals surface area contributed by atoms with Gasteiger partial charge in [-0.3, -0.25) is 4.79 Å². The van der Waals surface area contributed by atoms with E-state index in [4.69, 9.17) is 21.3 Å². The number of thioether (sulfide) groups is 1. The minimum atomic E-state index is -0.859. The molecule has 4 rings (SSSR count). The summed E-state index contributed by atoms with van der Waals surface area (Å²) in [6, 6.07) is 7.70. The Kier molecular flexibility index (Phi) is 8.28. The maximum atomic E-state index is 11.7. The van der Waals surface area contributed by atoms with E-state index >= 15 is 0 Å². The van der Waals surface area contributed by atoms with Crippen molar-refractivity contribution in [3.63, 3.8) is 0 Å².